The van der Waals surface area contributed by atoms with Gasteiger partial charge in [-0.25, -0.2) is 14.8 Å². The van der Waals surface area contributed by atoms with Crippen LogP contribution in [0.1, 0.15) is 16.7 Å². The van der Waals surface area contributed by atoms with E-state index in [9.17, 15) is 19.5 Å². The largest absolute Gasteiger partial charge is 0.508 e. The Balaban J connectivity index is 1.44. The molecule has 1 saturated heterocycles. The first-order chi connectivity index (χ1) is 20.8. The average Bonchev–Trinajstić information content (AvgIpc) is 3.00. The molecule has 1 aliphatic rings. The number of phenols is 1. The molecule has 0 spiro atoms. The molecular formula is C34H37N5O4. The summed E-state index contributed by atoms with van der Waals surface area (Å²) in [6, 6.07) is 29.4. The predicted octanol–water partition coefficient (Wildman–Crippen LogP) is 4.01. The van der Waals surface area contributed by atoms with E-state index in [0.717, 1.165) is 33.7 Å². The number of rotatable bonds is 10. The van der Waals surface area contributed by atoms with E-state index in [1.165, 1.54) is 0 Å². The van der Waals surface area contributed by atoms with Crippen LogP contribution in [0.3, 0.4) is 0 Å². The number of hydrogen-bond acceptors (Lipinski definition) is 6. The van der Waals surface area contributed by atoms with Crippen molar-refractivity contribution < 1.29 is 19.5 Å². The van der Waals surface area contributed by atoms with Gasteiger partial charge in [-0.05, 0) is 53.1 Å². The molecule has 0 aromatic heterocycles. The third-order valence-electron chi connectivity index (χ3n) is 7.81. The molecule has 2 atom stereocenters. The molecule has 222 valence electrons. The van der Waals surface area contributed by atoms with Crippen molar-refractivity contribution in [2.45, 2.75) is 31.7 Å². The molecule has 9 nitrogen and oxygen atoms in total. The van der Waals surface area contributed by atoms with Crippen LogP contribution >= 0.6 is 0 Å². The Morgan fingerprint density at radius 3 is 2.42 bits per heavy atom. The van der Waals surface area contributed by atoms with Crippen LogP contribution in [0.5, 0.6) is 5.75 Å². The number of fused-ring (bicyclic) bond motifs is 1. The second-order valence-electron chi connectivity index (χ2n) is 11.0. The number of likely N-dealkylation sites (N-methyl/N-ethyl adjacent to an activating group) is 2. The summed E-state index contributed by atoms with van der Waals surface area (Å²) in [5.74, 6) is -0.0747. The quantitative estimate of drug-likeness (QED) is 0.276. The summed E-state index contributed by atoms with van der Waals surface area (Å²) in [6.45, 7) is 1.08. The third kappa shape index (κ3) is 7.02. The standard InChI is InChI=1S/C34H37N5O4/c1-36(21-28-13-8-12-27-11-6-7-14-31(27)28)22-32-38(29(24-40)19-25-9-4-3-5-10-25)33(42)23-37(2)39(32)34(43)35-20-26-15-17-30(41)18-16-26/h3-18,24,29,32,41H,19-23H2,1-2H3,(H,35,43)/t29-,32?/m0/s1. The molecule has 0 saturated carbocycles. The van der Waals surface area contributed by atoms with Crippen LogP contribution < -0.4 is 5.32 Å². The molecule has 3 amide bonds. The summed E-state index contributed by atoms with van der Waals surface area (Å²) >= 11 is 0. The minimum Gasteiger partial charge on any atom is -0.508 e. The second kappa shape index (κ2) is 13.5. The number of benzene rings is 4. The number of carbonyl (C=O) groups is 3. The van der Waals surface area contributed by atoms with Crippen LogP contribution in [0, 0.1) is 0 Å². The average molecular weight is 580 g/mol. The Hall–Kier alpha value is -4.73. The number of nitrogens with zero attached hydrogens (tertiary/aromatic N) is 4. The fraction of sp³-hybridized carbons (Fsp3) is 0.265. The highest BCUT2D eigenvalue weighted by Gasteiger charge is 2.43. The molecule has 1 unspecified atom stereocenters. The highest BCUT2D eigenvalue weighted by molar-refractivity contribution is 5.86. The van der Waals surface area contributed by atoms with Gasteiger partial charge in [0.05, 0.1) is 12.6 Å². The number of phenolic OH excluding ortho intramolecular Hbond substituents is 1. The molecule has 0 aliphatic carbocycles. The number of carbonyl (C=O) groups excluding carboxylic acids is 3. The van der Waals surface area contributed by atoms with E-state index in [0.29, 0.717) is 19.5 Å². The van der Waals surface area contributed by atoms with Gasteiger partial charge in [-0.15, -0.1) is 0 Å². The van der Waals surface area contributed by atoms with E-state index in [1.54, 1.807) is 46.2 Å². The molecule has 2 N–H and O–H groups in total. The van der Waals surface area contributed by atoms with E-state index in [-0.39, 0.29) is 30.8 Å². The lowest BCUT2D eigenvalue weighted by molar-refractivity contribution is -0.171. The zero-order valence-electron chi connectivity index (χ0n) is 24.5. The summed E-state index contributed by atoms with van der Waals surface area (Å²) in [7, 11) is 3.67. The fourth-order valence-corrected chi connectivity index (χ4v) is 5.73. The summed E-state index contributed by atoms with van der Waals surface area (Å²) in [5.41, 5.74) is 2.87. The summed E-state index contributed by atoms with van der Waals surface area (Å²) in [5, 5.41) is 18.0. The van der Waals surface area contributed by atoms with Crippen molar-refractivity contribution in [1.29, 1.82) is 0 Å². The molecule has 4 aromatic carbocycles. The monoisotopic (exact) mass is 579 g/mol. The van der Waals surface area contributed by atoms with Crippen LogP contribution in [-0.4, -0.2) is 82.5 Å². The number of aldehydes is 1. The molecule has 1 heterocycles. The Bertz CT molecular complexity index is 1560. The predicted molar refractivity (Wildman–Crippen MR) is 166 cm³/mol. The van der Waals surface area contributed by atoms with Crippen LogP contribution in [0.15, 0.2) is 97.1 Å². The van der Waals surface area contributed by atoms with Gasteiger partial charge in [0.2, 0.25) is 5.91 Å². The van der Waals surface area contributed by atoms with E-state index >= 15 is 0 Å². The molecular weight excluding hydrogens is 542 g/mol. The van der Waals surface area contributed by atoms with Crippen LogP contribution in [0.4, 0.5) is 4.79 Å². The Morgan fingerprint density at radius 2 is 1.67 bits per heavy atom. The van der Waals surface area contributed by atoms with Crippen molar-refractivity contribution in [3.05, 3.63) is 114 Å². The Kier molecular flexibility index (Phi) is 9.34. The maximum absolute atomic E-state index is 13.8. The van der Waals surface area contributed by atoms with Crippen molar-refractivity contribution >= 4 is 29.0 Å². The van der Waals surface area contributed by atoms with Crippen LogP contribution in [0.25, 0.3) is 10.8 Å². The van der Waals surface area contributed by atoms with Gasteiger partial charge in [-0.2, -0.15) is 0 Å². The lowest BCUT2D eigenvalue weighted by Crippen LogP contribution is -2.71. The molecule has 0 bridgehead atoms. The SMILES string of the molecule is CN(Cc1cccc2ccccc12)CC1N([C@H](C=O)Cc2ccccc2)C(=O)CN(C)N1C(=O)NCc1ccc(O)cc1. The van der Waals surface area contributed by atoms with Crippen molar-refractivity contribution in [1.82, 2.24) is 25.1 Å². The van der Waals surface area contributed by atoms with Gasteiger partial charge < -0.3 is 20.1 Å². The fourth-order valence-electron chi connectivity index (χ4n) is 5.73. The van der Waals surface area contributed by atoms with Crippen molar-refractivity contribution in [3.8, 4) is 5.75 Å². The molecule has 5 rings (SSSR count). The number of aromatic hydroxyl groups is 1. The van der Waals surface area contributed by atoms with Gasteiger partial charge in [0.1, 0.15) is 18.2 Å². The minimum atomic E-state index is -0.757. The first-order valence-corrected chi connectivity index (χ1v) is 14.4. The lowest BCUT2D eigenvalue weighted by Gasteiger charge is -2.50. The number of hydrazine groups is 1. The first kappa shape index (κ1) is 29.8. The van der Waals surface area contributed by atoms with Gasteiger partial charge in [0.15, 0.2) is 0 Å². The normalized spacial score (nSPS) is 16.4. The van der Waals surface area contributed by atoms with Crippen molar-refractivity contribution in [3.63, 3.8) is 0 Å². The number of nitrogens with one attached hydrogen (secondary N) is 1. The van der Waals surface area contributed by atoms with Crippen LogP contribution in [-0.2, 0) is 29.1 Å². The molecule has 1 fully saturated rings. The first-order valence-electron chi connectivity index (χ1n) is 14.4. The summed E-state index contributed by atoms with van der Waals surface area (Å²) in [6.07, 6.45) is 0.400. The zero-order chi connectivity index (χ0) is 30.3. The maximum Gasteiger partial charge on any atom is 0.334 e. The highest BCUT2D eigenvalue weighted by Crippen LogP contribution is 2.24. The van der Waals surface area contributed by atoms with Gasteiger partial charge in [0, 0.05) is 26.7 Å². The smallest absolute Gasteiger partial charge is 0.334 e. The highest BCUT2D eigenvalue weighted by atomic mass is 16.3. The maximum atomic E-state index is 13.8. The van der Waals surface area contributed by atoms with Gasteiger partial charge >= 0.3 is 6.03 Å². The number of urea groups is 1. The minimum absolute atomic E-state index is 0.0463. The summed E-state index contributed by atoms with van der Waals surface area (Å²) in [4.78, 5) is 43.6. The second-order valence-corrected chi connectivity index (χ2v) is 11.0. The third-order valence-corrected chi connectivity index (χ3v) is 7.81. The Labute approximate surface area is 251 Å². The van der Waals surface area contributed by atoms with Crippen LogP contribution in [0.2, 0.25) is 0 Å². The van der Waals surface area contributed by atoms with E-state index in [1.807, 2.05) is 55.6 Å². The molecule has 1 aliphatic heterocycles. The van der Waals surface area contributed by atoms with E-state index < -0.39 is 12.2 Å². The van der Waals surface area contributed by atoms with E-state index in [4.69, 9.17) is 0 Å². The molecule has 0 radical (unpaired) electrons. The van der Waals surface area contributed by atoms with E-state index in [2.05, 4.69) is 34.5 Å². The molecule has 4 aromatic rings. The number of hydrogen-bond donors (Lipinski definition) is 2. The van der Waals surface area contributed by atoms with Crippen molar-refractivity contribution in [2.24, 2.45) is 0 Å². The van der Waals surface area contributed by atoms with Gasteiger partial charge in [-0.3, -0.25) is 9.69 Å². The van der Waals surface area contributed by atoms with Gasteiger partial charge in [0.25, 0.3) is 0 Å². The summed E-state index contributed by atoms with van der Waals surface area (Å²) < 4.78 is 0. The lowest BCUT2D eigenvalue weighted by atomic mass is 10.0. The van der Waals surface area contributed by atoms with Gasteiger partial charge in [-0.1, -0.05) is 84.9 Å². The topological polar surface area (TPSA) is 96.4 Å². The van der Waals surface area contributed by atoms with Crippen molar-refractivity contribution in [2.75, 3.05) is 27.2 Å². The molecule has 43 heavy (non-hydrogen) atoms. The zero-order valence-corrected chi connectivity index (χ0v) is 24.5. The molecule has 9 heteroatoms. The number of amides is 3. The Morgan fingerprint density at radius 1 is 0.977 bits per heavy atom.